The lowest BCUT2D eigenvalue weighted by Gasteiger charge is -2.27. The minimum absolute atomic E-state index is 0.0269. The number of hydrogen-bond acceptors (Lipinski definition) is 2. The van der Waals surface area contributed by atoms with E-state index >= 15 is 0 Å². The van der Waals surface area contributed by atoms with Crippen LogP contribution in [0, 0.1) is 11.7 Å². The summed E-state index contributed by atoms with van der Waals surface area (Å²) in [6.07, 6.45) is 1.94. The first kappa shape index (κ1) is 18.1. The van der Waals surface area contributed by atoms with Crippen molar-refractivity contribution >= 4 is 11.8 Å². The summed E-state index contributed by atoms with van der Waals surface area (Å²) in [7, 11) is 1.75. The van der Waals surface area contributed by atoms with Crippen LogP contribution < -0.4 is 5.32 Å². The Morgan fingerprint density at radius 2 is 1.82 bits per heavy atom. The largest absolute Gasteiger partial charge is 0.344 e. The standard InChI is InChI=1S/C17H25FN2O2/c1-5-6-11-20(4)17(22)15(12(2)3)19-16(21)13-7-9-14(18)10-8-13/h7-10,12,15H,5-6,11H2,1-4H3,(H,19,21). The third kappa shape index (κ3) is 5.13. The first-order valence-electron chi connectivity index (χ1n) is 7.68. The van der Waals surface area contributed by atoms with E-state index in [9.17, 15) is 14.0 Å². The molecule has 122 valence electrons. The quantitative estimate of drug-likeness (QED) is 0.842. The number of carbonyl (C=O) groups excluding carboxylic acids is 2. The zero-order chi connectivity index (χ0) is 16.7. The van der Waals surface area contributed by atoms with Gasteiger partial charge in [0.25, 0.3) is 5.91 Å². The summed E-state index contributed by atoms with van der Waals surface area (Å²) in [4.78, 5) is 26.3. The number of amides is 2. The summed E-state index contributed by atoms with van der Waals surface area (Å²) < 4.78 is 12.9. The first-order chi connectivity index (χ1) is 10.4. The van der Waals surface area contributed by atoms with Crippen molar-refractivity contribution in [2.75, 3.05) is 13.6 Å². The van der Waals surface area contributed by atoms with Gasteiger partial charge in [-0.25, -0.2) is 4.39 Å². The van der Waals surface area contributed by atoms with E-state index in [4.69, 9.17) is 0 Å². The molecule has 1 aromatic carbocycles. The summed E-state index contributed by atoms with van der Waals surface area (Å²) in [6.45, 7) is 6.52. The summed E-state index contributed by atoms with van der Waals surface area (Å²) in [6, 6.07) is 4.70. The van der Waals surface area contributed by atoms with Crippen LogP contribution in [0.3, 0.4) is 0 Å². The van der Waals surface area contributed by atoms with Gasteiger partial charge in [-0.1, -0.05) is 27.2 Å². The second-order valence-electron chi connectivity index (χ2n) is 5.82. The van der Waals surface area contributed by atoms with Crippen LogP contribution >= 0.6 is 0 Å². The second-order valence-corrected chi connectivity index (χ2v) is 5.82. The third-order valence-electron chi connectivity index (χ3n) is 3.55. The molecule has 1 atom stereocenters. The zero-order valence-corrected chi connectivity index (χ0v) is 13.7. The predicted octanol–water partition coefficient (Wildman–Crippen LogP) is 2.84. The maximum Gasteiger partial charge on any atom is 0.251 e. The number of hydrogen-bond donors (Lipinski definition) is 1. The number of rotatable bonds is 7. The fraction of sp³-hybridized carbons (Fsp3) is 0.529. The lowest BCUT2D eigenvalue weighted by Crippen LogP contribution is -2.50. The molecule has 0 saturated carbocycles. The van der Waals surface area contributed by atoms with E-state index in [1.807, 2.05) is 13.8 Å². The minimum atomic E-state index is -0.584. The SMILES string of the molecule is CCCCN(C)C(=O)C(NC(=O)c1ccc(F)cc1)C(C)C. The molecule has 1 aromatic rings. The summed E-state index contributed by atoms with van der Waals surface area (Å²) in [5.74, 6) is -0.886. The van der Waals surface area contributed by atoms with Crippen molar-refractivity contribution < 1.29 is 14.0 Å². The average molecular weight is 308 g/mol. The number of halogens is 1. The molecule has 22 heavy (non-hydrogen) atoms. The lowest BCUT2D eigenvalue weighted by atomic mass is 10.0. The van der Waals surface area contributed by atoms with Gasteiger partial charge in [0.05, 0.1) is 0 Å². The van der Waals surface area contributed by atoms with Gasteiger partial charge in [-0.2, -0.15) is 0 Å². The van der Waals surface area contributed by atoms with Crippen molar-refractivity contribution in [2.24, 2.45) is 5.92 Å². The molecule has 0 bridgehead atoms. The Hall–Kier alpha value is -1.91. The van der Waals surface area contributed by atoms with E-state index in [1.165, 1.54) is 24.3 Å². The normalized spacial score (nSPS) is 12.1. The van der Waals surface area contributed by atoms with Crippen LogP contribution in [0.25, 0.3) is 0 Å². The molecule has 1 N–H and O–H groups in total. The number of benzene rings is 1. The molecule has 1 unspecified atom stereocenters. The Balaban J connectivity index is 2.77. The van der Waals surface area contributed by atoms with Gasteiger partial charge in [-0.05, 0) is 36.6 Å². The van der Waals surface area contributed by atoms with Crippen molar-refractivity contribution in [3.05, 3.63) is 35.6 Å². The van der Waals surface area contributed by atoms with E-state index in [2.05, 4.69) is 12.2 Å². The fourth-order valence-corrected chi connectivity index (χ4v) is 2.08. The summed E-state index contributed by atoms with van der Waals surface area (Å²) in [5.41, 5.74) is 0.344. The molecule has 0 fully saturated rings. The molecule has 5 heteroatoms. The molecule has 0 saturated heterocycles. The lowest BCUT2D eigenvalue weighted by molar-refractivity contribution is -0.133. The van der Waals surface area contributed by atoms with Crippen molar-refractivity contribution in [1.29, 1.82) is 0 Å². The Kier molecular flexibility index (Phi) is 7.02. The Bertz CT molecular complexity index is 500. The van der Waals surface area contributed by atoms with Gasteiger partial charge < -0.3 is 10.2 Å². The molecule has 0 heterocycles. The topological polar surface area (TPSA) is 49.4 Å². The highest BCUT2D eigenvalue weighted by atomic mass is 19.1. The molecule has 0 aliphatic carbocycles. The monoisotopic (exact) mass is 308 g/mol. The molecule has 2 amide bonds. The van der Waals surface area contributed by atoms with Crippen molar-refractivity contribution in [3.63, 3.8) is 0 Å². The molecule has 0 radical (unpaired) electrons. The van der Waals surface area contributed by atoms with Crippen molar-refractivity contribution in [2.45, 2.75) is 39.7 Å². The van der Waals surface area contributed by atoms with E-state index in [-0.39, 0.29) is 17.7 Å². The van der Waals surface area contributed by atoms with Crippen LogP contribution in [0.1, 0.15) is 44.0 Å². The maximum atomic E-state index is 12.9. The highest BCUT2D eigenvalue weighted by Crippen LogP contribution is 2.09. The molecule has 4 nitrogen and oxygen atoms in total. The third-order valence-corrected chi connectivity index (χ3v) is 3.55. The molecule has 0 spiro atoms. The van der Waals surface area contributed by atoms with Crippen molar-refractivity contribution in [3.8, 4) is 0 Å². The summed E-state index contributed by atoms with van der Waals surface area (Å²) >= 11 is 0. The van der Waals surface area contributed by atoms with Gasteiger partial charge in [0.15, 0.2) is 0 Å². The molecule has 1 rings (SSSR count). The van der Waals surface area contributed by atoms with E-state index in [1.54, 1.807) is 11.9 Å². The smallest absolute Gasteiger partial charge is 0.251 e. The van der Waals surface area contributed by atoms with Gasteiger partial charge >= 0.3 is 0 Å². The van der Waals surface area contributed by atoms with Gasteiger partial charge in [-0.3, -0.25) is 9.59 Å². The van der Waals surface area contributed by atoms with Gasteiger partial charge in [-0.15, -0.1) is 0 Å². The molecule has 0 aromatic heterocycles. The van der Waals surface area contributed by atoms with E-state index in [0.717, 1.165) is 12.8 Å². The minimum Gasteiger partial charge on any atom is -0.344 e. The first-order valence-corrected chi connectivity index (χ1v) is 7.68. The number of unbranched alkanes of at least 4 members (excludes halogenated alkanes) is 1. The number of likely N-dealkylation sites (N-methyl/N-ethyl adjacent to an activating group) is 1. The average Bonchev–Trinajstić information content (AvgIpc) is 2.49. The van der Waals surface area contributed by atoms with Crippen LogP contribution in [0.15, 0.2) is 24.3 Å². The van der Waals surface area contributed by atoms with Crippen LogP contribution in [0.4, 0.5) is 4.39 Å². The highest BCUT2D eigenvalue weighted by molar-refractivity contribution is 5.97. The summed E-state index contributed by atoms with van der Waals surface area (Å²) in [5, 5.41) is 2.76. The highest BCUT2D eigenvalue weighted by Gasteiger charge is 2.27. The second kappa shape index (κ2) is 8.51. The van der Waals surface area contributed by atoms with E-state index in [0.29, 0.717) is 12.1 Å². The van der Waals surface area contributed by atoms with Crippen LogP contribution in [-0.4, -0.2) is 36.3 Å². The van der Waals surface area contributed by atoms with Gasteiger partial charge in [0.1, 0.15) is 11.9 Å². The Labute approximate surface area is 131 Å². The Morgan fingerprint density at radius 1 is 1.23 bits per heavy atom. The predicted molar refractivity (Wildman–Crippen MR) is 85.0 cm³/mol. The Morgan fingerprint density at radius 3 is 2.32 bits per heavy atom. The molecular formula is C17H25FN2O2. The maximum absolute atomic E-state index is 12.9. The number of nitrogens with zero attached hydrogens (tertiary/aromatic N) is 1. The number of carbonyl (C=O) groups is 2. The van der Waals surface area contributed by atoms with Crippen LogP contribution in [-0.2, 0) is 4.79 Å². The van der Waals surface area contributed by atoms with E-state index < -0.39 is 11.9 Å². The van der Waals surface area contributed by atoms with Crippen LogP contribution in [0.2, 0.25) is 0 Å². The zero-order valence-electron chi connectivity index (χ0n) is 13.7. The fourth-order valence-electron chi connectivity index (χ4n) is 2.08. The van der Waals surface area contributed by atoms with Gasteiger partial charge in [0, 0.05) is 19.2 Å². The number of nitrogens with one attached hydrogen (secondary N) is 1. The van der Waals surface area contributed by atoms with Crippen LogP contribution in [0.5, 0.6) is 0 Å². The molecule has 0 aliphatic rings. The van der Waals surface area contributed by atoms with Crippen molar-refractivity contribution in [1.82, 2.24) is 10.2 Å². The van der Waals surface area contributed by atoms with Gasteiger partial charge in [0.2, 0.25) is 5.91 Å². The molecular weight excluding hydrogens is 283 g/mol. The molecule has 0 aliphatic heterocycles.